The van der Waals surface area contributed by atoms with Gasteiger partial charge >= 0.3 is 5.97 Å². The lowest BCUT2D eigenvalue weighted by Gasteiger charge is -2.13. The van der Waals surface area contributed by atoms with Crippen LogP contribution in [0.3, 0.4) is 0 Å². The molecule has 0 aromatic heterocycles. The van der Waals surface area contributed by atoms with Gasteiger partial charge in [0.25, 0.3) is 0 Å². The predicted molar refractivity (Wildman–Crippen MR) is 62.6 cm³/mol. The molecule has 0 bridgehead atoms. The number of carbonyl (C=O) groups excluding carboxylic acids is 1. The fraction of sp³-hybridized carbons (Fsp3) is 0.417. The summed E-state index contributed by atoms with van der Waals surface area (Å²) in [5.41, 5.74) is 6.40. The van der Waals surface area contributed by atoms with Gasteiger partial charge in [-0.3, -0.25) is 0 Å². The van der Waals surface area contributed by atoms with Crippen molar-refractivity contribution in [2.45, 2.75) is 26.4 Å². The number of methoxy groups -OCH3 is 1. The highest BCUT2D eigenvalue weighted by atomic mass is 16.5. The Balaban J connectivity index is 2.93. The summed E-state index contributed by atoms with van der Waals surface area (Å²) in [5, 5.41) is 0. The van der Waals surface area contributed by atoms with Gasteiger partial charge in [0.15, 0.2) is 0 Å². The van der Waals surface area contributed by atoms with Crippen LogP contribution in [0.4, 0.5) is 5.69 Å². The van der Waals surface area contributed by atoms with Gasteiger partial charge in [-0.05, 0) is 31.5 Å². The Morgan fingerprint density at radius 2 is 2.19 bits per heavy atom. The molecule has 4 nitrogen and oxygen atoms in total. The smallest absolute Gasteiger partial charge is 0.340 e. The standard InChI is InChI=1S/C12H17NO3/c1-4-8(2)16-9-5-6-11(13)10(7-9)12(14)15-3/h5-8H,4,13H2,1-3H3. The molecule has 0 spiro atoms. The molecular weight excluding hydrogens is 206 g/mol. The maximum absolute atomic E-state index is 11.4. The summed E-state index contributed by atoms with van der Waals surface area (Å²) in [6, 6.07) is 4.99. The summed E-state index contributed by atoms with van der Waals surface area (Å²) in [4.78, 5) is 11.4. The van der Waals surface area contributed by atoms with Crippen LogP contribution in [-0.2, 0) is 4.74 Å². The third-order valence-electron chi connectivity index (χ3n) is 2.34. The maximum atomic E-state index is 11.4. The van der Waals surface area contributed by atoms with Gasteiger partial charge in [0.05, 0.1) is 18.8 Å². The van der Waals surface area contributed by atoms with Crippen molar-refractivity contribution in [2.24, 2.45) is 0 Å². The largest absolute Gasteiger partial charge is 0.491 e. The number of carbonyl (C=O) groups is 1. The van der Waals surface area contributed by atoms with Crippen LogP contribution in [0.15, 0.2) is 18.2 Å². The second-order valence-corrected chi connectivity index (χ2v) is 3.58. The van der Waals surface area contributed by atoms with Crippen LogP contribution in [-0.4, -0.2) is 19.2 Å². The van der Waals surface area contributed by atoms with E-state index >= 15 is 0 Å². The Kier molecular flexibility index (Phi) is 4.17. The van der Waals surface area contributed by atoms with Gasteiger partial charge in [-0.1, -0.05) is 6.92 Å². The van der Waals surface area contributed by atoms with Crippen LogP contribution in [0.1, 0.15) is 30.6 Å². The molecule has 0 saturated heterocycles. The van der Waals surface area contributed by atoms with Crippen molar-refractivity contribution < 1.29 is 14.3 Å². The van der Waals surface area contributed by atoms with Gasteiger partial charge in [-0.2, -0.15) is 0 Å². The van der Waals surface area contributed by atoms with E-state index in [4.69, 9.17) is 10.5 Å². The van der Waals surface area contributed by atoms with Crippen molar-refractivity contribution in [1.29, 1.82) is 0 Å². The second-order valence-electron chi connectivity index (χ2n) is 3.58. The molecule has 0 radical (unpaired) electrons. The molecule has 1 aromatic rings. The minimum Gasteiger partial charge on any atom is -0.491 e. The van der Waals surface area contributed by atoms with Crippen molar-refractivity contribution in [3.63, 3.8) is 0 Å². The summed E-state index contributed by atoms with van der Waals surface area (Å²) >= 11 is 0. The molecule has 0 fully saturated rings. The molecule has 1 atom stereocenters. The van der Waals surface area contributed by atoms with Crippen molar-refractivity contribution in [3.05, 3.63) is 23.8 Å². The monoisotopic (exact) mass is 223 g/mol. The van der Waals surface area contributed by atoms with Crippen molar-refractivity contribution in [3.8, 4) is 5.75 Å². The Bertz CT molecular complexity index is 377. The zero-order valence-corrected chi connectivity index (χ0v) is 9.82. The first kappa shape index (κ1) is 12.4. The number of hydrogen-bond acceptors (Lipinski definition) is 4. The molecular formula is C12H17NO3. The highest BCUT2D eigenvalue weighted by Crippen LogP contribution is 2.21. The van der Waals surface area contributed by atoms with E-state index in [0.717, 1.165) is 6.42 Å². The molecule has 88 valence electrons. The fourth-order valence-electron chi connectivity index (χ4n) is 1.21. The van der Waals surface area contributed by atoms with Crippen LogP contribution in [0.25, 0.3) is 0 Å². The number of hydrogen-bond donors (Lipinski definition) is 1. The van der Waals surface area contributed by atoms with E-state index in [9.17, 15) is 4.79 Å². The van der Waals surface area contributed by atoms with E-state index in [-0.39, 0.29) is 6.10 Å². The minimum absolute atomic E-state index is 0.106. The zero-order chi connectivity index (χ0) is 12.1. The molecule has 4 heteroatoms. The lowest BCUT2D eigenvalue weighted by Crippen LogP contribution is -2.11. The number of benzene rings is 1. The van der Waals surface area contributed by atoms with Gasteiger partial charge in [0.1, 0.15) is 5.75 Å². The molecule has 0 aliphatic rings. The Morgan fingerprint density at radius 3 is 2.75 bits per heavy atom. The highest BCUT2D eigenvalue weighted by molar-refractivity contribution is 5.95. The lowest BCUT2D eigenvalue weighted by atomic mass is 10.1. The molecule has 1 unspecified atom stereocenters. The average Bonchev–Trinajstić information content (AvgIpc) is 2.30. The first-order chi connectivity index (χ1) is 7.58. The normalized spacial score (nSPS) is 11.9. The topological polar surface area (TPSA) is 61.5 Å². The third-order valence-corrected chi connectivity index (χ3v) is 2.34. The van der Waals surface area contributed by atoms with Crippen LogP contribution < -0.4 is 10.5 Å². The van der Waals surface area contributed by atoms with Gasteiger partial charge in [-0.15, -0.1) is 0 Å². The van der Waals surface area contributed by atoms with Gasteiger partial charge < -0.3 is 15.2 Å². The SMILES string of the molecule is CCC(C)Oc1ccc(N)c(C(=O)OC)c1. The Hall–Kier alpha value is -1.71. The summed E-state index contributed by atoms with van der Waals surface area (Å²) in [7, 11) is 1.32. The van der Waals surface area contributed by atoms with Crippen LogP contribution in [0, 0.1) is 0 Å². The molecule has 0 heterocycles. The number of nitrogen functional groups attached to an aromatic ring is 1. The minimum atomic E-state index is -0.452. The Labute approximate surface area is 95.3 Å². The number of esters is 1. The van der Waals surface area contributed by atoms with E-state index in [2.05, 4.69) is 4.74 Å². The van der Waals surface area contributed by atoms with E-state index in [0.29, 0.717) is 17.0 Å². The quantitative estimate of drug-likeness (QED) is 0.628. The second kappa shape index (κ2) is 5.39. The van der Waals surface area contributed by atoms with Crippen LogP contribution in [0.5, 0.6) is 5.75 Å². The number of anilines is 1. The average molecular weight is 223 g/mol. The molecule has 1 rings (SSSR count). The first-order valence-electron chi connectivity index (χ1n) is 5.23. The van der Waals surface area contributed by atoms with Crippen LogP contribution in [0.2, 0.25) is 0 Å². The van der Waals surface area contributed by atoms with Gasteiger partial charge in [0.2, 0.25) is 0 Å². The third kappa shape index (κ3) is 2.89. The van der Waals surface area contributed by atoms with Gasteiger partial charge in [0, 0.05) is 5.69 Å². The molecule has 16 heavy (non-hydrogen) atoms. The Morgan fingerprint density at radius 1 is 1.50 bits per heavy atom. The fourth-order valence-corrected chi connectivity index (χ4v) is 1.21. The van der Waals surface area contributed by atoms with Crippen molar-refractivity contribution >= 4 is 11.7 Å². The highest BCUT2D eigenvalue weighted by Gasteiger charge is 2.12. The zero-order valence-electron chi connectivity index (χ0n) is 9.82. The summed E-state index contributed by atoms with van der Waals surface area (Å²) < 4.78 is 10.2. The van der Waals surface area contributed by atoms with Gasteiger partial charge in [-0.25, -0.2) is 4.79 Å². The number of rotatable bonds is 4. The first-order valence-corrected chi connectivity index (χ1v) is 5.23. The predicted octanol–water partition coefficient (Wildman–Crippen LogP) is 2.23. The van der Waals surface area contributed by atoms with Crippen molar-refractivity contribution in [1.82, 2.24) is 0 Å². The van der Waals surface area contributed by atoms with E-state index in [1.54, 1.807) is 18.2 Å². The molecule has 1 aromatic carbocycles. The summed E-state index contributed by atoms with van der Waals surface area (Å²) in [6.07, 6.45) is 1.01. The summed E-state index contributed by atoms with van der Waals surface area (Å²) in [5.74, 6) is 0.177. The van der Waals surface area contributed by atoms with Crippen LogP contribution >= 0.6 is 0 Å². The van der Waals surface area contributed by atoms with E-state index < -0.39 is 5.97 Å². The molecule has 2 N–H and O–H groups in total. The lowest BCUT2D eigenvalue weighted by molar-refractivity contribution is 0.0601. The van der Waals surface area contributed by atoms with Crippen molar-refractivity contribution in [2.75, 3.05) is 12.8 Å². The maximum Gasteiger partial charge on any atom is 0.340 e. The molecule has 0 aliphatic carbocycles. The van der Waals surface area contributed by atoms with E-state index in [1.807, 2.05) is 13.8 Å². The van der Waals surface area contributed by atoms with E-state index in [1.165, 1.54) is 7.11 Å². The molecule has 0 amide bonds. The molecule has 0 saturated carbocycles. The molecule has 0 aliphatic heterocycles. The number of ether oxygens (including phenoxy) is 2. The summed E-state index contributed by atoms with van der Waals surface area (Å²) in [6.45, 7) is 4.00. The number of nitrogens with two attached hydrogens (primary N) is 1.